The van der Waals surface area contributed by atoms with Gasteiger partial charge in [-0.25, -0.2) is 9.97 Å². The van der Waals surface area contributed by atoms with E-state index >= 15 is 0 Å². The quantitative estimate of drug-likeness (QED) is 0.462. The molecule has 1 unspecified atom stereocenters. The van der Waals surface area contributed by atoms with Crippen molar-refractivity contribution in [2.75, 3.05) is 11.9 Å². The number of para-hydroxylation sites is 1. The minimum absolute atomic E-state index is 0.0351. The summed E-state index contributed by atoms with van der Waals surface area (Å²) in [6, 6.07) is 16.8. The first-order chi connectivity index (χ1) is 13.7. The minimum Gasteiger partial charge on any atom is -0.507 e. The SMILES string of the molecule is CCC(N)CNc1nc(-c2cc(-c3ccco3)ccc2O)nc2ccccc12. The number of nitrogens with one attached hydrogen (secondary N) is 1. The van der Waals surface area contributed by atoms with Gasteiger partial charge >= 0.3 is 0 Å². The molecule has 6 heteroatoms. The van der Waals surface area contributed by atoms with Crippen molar-refractivity contribution in [1.29, 1.82) is 0 Å². The zero-order valence-corrected chi connectivity index (χ0v) is 15.6. The lowest BCUT2D eigenvalue weighted by molar-refractivity contribution is 0.477. The number of aromatic hydroxyl groups is 1. The number of nitrogens with two attached hydrogens (primary N) is 1. The third-order valence-electron chi connectivity index (χ3n) is 4.70. The predicted octanol–water partition coefficient (Wildman–Crippen LogP) is 4.41. The molecule has 0 saturated heterocycles. The summed E-state index contributed by atoms with van der Waals surface area (Å²) in [4.78, 5) is 9.36. The fraction of sp³-hybridized carbons (Fsp3) is 0.182. The van der Waals surface area contributed by atoms with E-state index in [1.54, 1.807) is 18.4 Å². The van der Waals surface area contributed by atoms with E-state index in [1.165, 1.54) is 0 Å². The molecule has 6 nitrogen and oxygen atoms in total. The van der Waals surface area contributed by atoms with E-state index < -0.39 is 0 Å². The van der Waals surface area contributed by atoms with Crippen LogP contribution in [0.2, 0.25) is 0 Å². The smallest absolute Gasteiger partial charge is 0.165 e. The Morgan fingerprint density at radius 3 is 2.75 bits per heavy atom. The second-order valence-electron chi connectivity index (χ2n) is 6.67. The molecule has 142 valence electrons. The van der Waals surface area contributed by atoms with E-state index in [-0.39, 0.29) is 11.8 Å². The number of anilines is 1. The van der Waals surface area contributed by atoms with Gasteiger partial charge in [-0.05, 0) is 48.9 Å². The summed E-state index contributed by atoms with van der Waals surface area (Å²) < 4.78 is 5.47. The molecule has 2 heterocycles. The first-order valence-corrected chi connectivity index (χ1v) is 9.29. The average Bonchev–Trinajstić information content (AvgIpc) is 3.26. The molecule has 0 radical (unpaired) electrons. The Morgan fingerprint density at radius 1 is 1.11 bits per heavy atom. The highest BCUT2D eigenvalue weighted by atomic mass is 16.3. The molecule has 0 aliphatic heterocycles. The summed E-state index contributed by atoms with van der Waals surface area (Å²) >= 11 is 0. The molecule has 0 aliphatic rings. The van der Waals surface area contributed by atoms with Crippen molar-refractivity contribution in [1.82, 2.24) is 9.97 Å². The molecule has 1 atom stereocenters. The standard InChI is InChI=1S/C22H22N4O2/c1-2-15(23)13-24-21-16-6-3-4-7-18(16)25-22(26-21)17-12-14(9-10-19(17)27)20-8-5-11-28-20/h3-12,15,27H,2,13,23H2,1H3,(H,24,25,26). The molecule has 4 N–H and O–H groups in total. The summed E-state index contributed by atoms with van der Waals surface area (Å²) in [7, 11) is 0. The van der Waals surface area contributed by atoms with Crippen LogP contribution in [0.3, 0.4) is 0 Å². The Balaban J connectivity index is 1.81. The number of aromatic nitrogens is 2. The second-order valence-corrected chi connectivity index (χ2v) is 6.67. The number of benzene rings is 2. The van der Waals surface area contributed by atoms with Gasteiger partial charge in [0.25, 0.3) is 0 Å². The molecule has 2 aromatic heterocycles. The van der Waals surface area contributed by atoms with Gasteiger partial charge in [-0.2, -0.15) is 0 Å². The zero-order valence-electron chi connectivity index (χ0n) is 15.6. The van der Waals surface area contributed by atoms with Crippen LogP contribution in [0.1, 0.15) is 13.3 Å². The van der Waals surface area contributed by atoms with Gasteiger partial charge in [0.1, 0.15) is 17.3 Å². The molecule has 28 heavy (non-hydrogen) atoms. The highest BCUT2D eigenvalue weighted by Gasteiger charge is 2.14. The van der Waals surface area contributed by atoms with Gasteiger partial charge in [-0.3, -0.25) is 0 Å². The van der Waals surface area contributed by atoms with Gasteiger partial charge in [0.2, 0.25) is 0 Å². The fourth-order valence-electron chi connectivity index (χ4n) is 3.02. The molecule has 0 fully saturated rings. The molecular weight excluding hydrogens is 352 g/mol. The Kier molecular flexibility index (Phi) is 4.95. The van der Waals surface area contributed by atoms with Crippen molar-refractivity contribution >= 4 is 16.7 Å². The molecule has 0 aliphatic carbocycles. The van der Waals surface area contributed by atoms with Crippen molar-refractivity contribution in [3.8, 4) is 28.5 Å². The van der Waals surface area contributed by atoms with Crippen LogP contribution in [0.15, 0.2) is 65.3 Å². The largest absolute Gasteiger partial charge is 0.507 e. The molecule has 0 saturated carbocycles. The van der Waals surface area contributed by atoms with Crippen molar-refractivity contribution < 1.29 is 9.52 Å². The molecule has 2 aromatic carbocycles. The number of furan rings is 1. The second kappa shape index (κ2) is 7.70. The van der Waals surface area contributed by atoms with Gasteiger partial charge in [-0.1, -0.05) is 19.1 Å². The van der Waals surface area contributed by atoms with E-state index in [0.29, 0.717) is 29.5 Å². The number of phenols is 1. The van der Waals surface area contributed by atoms with E-state index in [2.05, 4.69) is 10.3 Å². The average molecular weight is 374 g/mol. The summed E-state index contributed by atoms with van der Waals surface area (Å²) in [5.41, 5.74) is 8.24. The Labute approximate surface area is 163 Å². The van der Waals surface area contributed by atoms with E-state index in [9.17, 15) is 5.11 Å². The Bertz CT molecular complexity index is 1090. The van der Waals surface area contributed by atoms with Gasteiger partial charge in [-0.15, -0.1) is 0 Å². The summed E-state index contributed by atoms with van der Waals surface area (Å²) in [6.45, 7) is 2.66. The third-order valence-corrected chi connectivity index (χ3v) is 4.70. The lowest BCUT2D eigenvalue weighted by Crippen LogP contribution is -2.28. The van der Waals surface area contributed by atoms with Crippen LogP contribution in [0.25, 0.3) is 33.6 Å². The van der Waals surface area contributed by atoms with Crippen LogP contribution in [0.4, 0.5) is 5.82 Å². The topological polar surface area (TPSA) is 97.2 Å². The number of hydrogen-bond acceptors (Lipinski definition) is 6. The maximum absolute atomic E-state index is 10.5. The molecule has 0 amide bonds. The zero-order chi connectivity index (χ0) is 19.5. The van der Waals surface area contributed by atoms with E-state index in [1.807, 2.05) is 49.4 Å². The lowest BCUT2D eigenvalue weighted by Gasteiger charge is -2.14. The first kappa shape index (κ1) is 18.0. The normalized spacial score (nSPS) is 12.2. The summed E-state index contributed by atoms with van der Waals surface area (Å²) in [6.07, 6.45) is 2.49. The van der Waals surface area contributed by atoms with Crippen LogP contribution in [0, 0.1) is 0 Å². The van der Waals surface area contributed by atoms with Gasteiger partial charge in [0.15, 0.2) is 5.82 Å². The fourth-order valence-corrected chi connectivity index (χ4v) is 3.02. The number of nitrogens with zero attached hydrogens (tertiary/aromatic N) is 2. The number of fused-ring (bicyclic) bond motifs is 1. The number of phenolic OH excluding ortho intramolecular Hbond substituents is 1. The van der Waals surface area contributed by atoms with E-state index in [4.69, 9.17) is 15.1 Å². The molecule has 0 bridgehead atoms. The van der Waals surface area contributed by atoms with Gasteiger partial charge < -0.3 is 20.6 Å². The maximum atomic E-state index is 10.5. The summed E-state index contributed by atoms with van der Waals surface area (Å²) in [5.74, 6) is 1.97. The van der Waals surface area contributed by atoms with Gasteiger partial charge in [0.05, 0.1) is 17.3 Å². The Hall–Kier alpha value is -3.38. The number of rotatable bonds is 6. The Morgan fingerprint density at radius 2 is 1.96 bits per heavy atom. The van der Waals surface area contributed by atoms with Crippen LogP contribution in [-0.4, -0.2) is 27.7 Å². The van der Waals surface area contributed by atoms with Crippen LogP contribution in [-0.2, 0) is 0 Å². The molecule has 4 rings (SSSR count). The minimum atomic E-state index is 0.0351. The van der Waals surface area contributed by atoms with Crippen molar-refractivity contribution in [2.24, 2.45) is 5.73 Å². The molecular formula is C22H22N4O2. The lowest BCUT2D eigenvalue weighted by atomic mass is 10.1. The predicted molar refractivity (Wildman–Crippen MR) is 111 cm³/mol. The number of hydrogen-bond donors (Lipinski definition) is 3. The summed E-state index contributed by atoms with van der Waals surface area (Å²) in [5, 5.41) is 14.7. The molecule has 0 spiro atoms. The van der Waals surface area contributed by atoms with Gasteiger partial charge in [0, 0.05) is 23.5 Å². The first-order valence-electron chi connectivity index (χ1n) is 9.29. The van der Waals surface area contributed by atoms with Crippen molar-refractivity contribution in [2.45, 2.75) is 19.4 Å². The van der Waals surface area contributed by atoms with Crippen LogP contribution >= 0.6 is 0 Å². The maximum Gasteiger partial charge on any atom is 0.165 e. The van der Waals surface area contributed by atoms with Crippen molar-refractivity contribution in [3.63, 3.8) is 0 Å². The third kappa shape index (κ3) is 3.54. The van der Waals surface area contributed by atoms with Crippen molar-refractivity contribution in [3.05, 3.63) is 60.9 Å². The molecule has 4 aromatic rings. The van der Waals surface area contributed by atoms with Crippen LogP contribution < -0.4 is 11.1 Å². The van der Waals surface area contributed by atoms with Crippen LogP contribution in [0.5, 0.6) is 5.75 Å². The van der Waals surface area contributed by atoms with E-state index in [0.717, 1.165) is 22.9 Å². The highest BCUT2D eigenvalue weighted by Crippen LogP contribution is 2.34. The highest BCUT2D eigenvalue weighted by molar-refractivity contribution is 5.91. The monoisotopic (exact) mass is 374 g/mol.